The molecule has 14 nitrogen and oxygen atoms in total. The number of allylic oxidation sites excluding steroid dienone is 7. The molecule has 1 unspecified atom stereocenters. The van der Waals surface area contributed by atoms with Gasteiger partial charge in [0.2, 0.25) is 0 Å². The maximum Gasteiger partial charge on any atom is 0.472 e. The van der Waals surface area contributed by atoms with Gasteiger partial charge in [-0.15, -0.1) is 11.8 Å². The molecular weight excluding hydrogens is 838 g/mol. The summed E-state index contributed by atoms with van der Waals surface area (Å²) in [4.78, 5) is 46.8. The van der Waals surface area contributed by atoms with Gasteiger partial charge in [0, 0.05) is 23.8 Å². The van der Waals surface area contributed by atoms with E-state index in [1.54, 1.807) is 18.2 Å². The number of rotatable bonds is 42. The van der Waals surface area contributed by atoms with Gasteiger partial charge in [-0.1, -0.05) is 153 Å². The number of hydrogen-bond donors (Lipinski definition) is 6. The van der Waals surface area contributed by atoms with Gasteiger partial charge in [0.1, 0.15) is 18.8 Å². The number of carboxylic acid groups (broad SMARTS) is 1. The van der Waals surface area contributed by atoms with E-state index in [0.717, 1.165) is 44.4 Å². The number of phosphoric ester groups is 1. The van der Waals surface area contributed by atoms with Crippen LogP contribution in [0.4, 0.5) is 0 Å². The normalized spacial score (nSPS) is 15.7. The quantitative estimate of drug-likeness (QED) is 0.0110. The molecule has 0 saturated carbocycles. The van der Waals surface area contributed by atoms with E-state index in [9.17, 15) is 34.1 Å². The van der Waals surface area contributed by atoms with Crippen LogP contribution in [0.5, 0.6) is 0 Å². The summed E-state index contributed by atoms with van der Waals surface area (Å²) < 4.78 is 32.8. The van der Waals surface area contributed by atoms with Crippen molar-refractivity contribution in [1.29, 1.82) is 0 Å². The third-order valence-corrected chi connectivity index (χ3v) is 12.0. The number of aliphatic hydroxyl groups excluding tert-OH is 3. The molecule has 0 aromatic carbocycles. The topological polar surface area (TPSA) is 232 Å². The Morgan fingerprint density at radius 1 is 0.742 bits per heavy atom. The number of ether oxygens (including phenoxy) is 2. The number of esters is 2. The molecule has 7 N–H and O–H groups in total. The molecule has 0 rings (SSSR count). The zero-order valence-electron chi connectivity index (χ0n) is 37.9. The molecular formula is C46H82NO13PS. The van der Waals surface area contributed by atoms with Crippen molar-refractivity contribution in [2.24, 2.45) is 11.7 Å². The van der Waals surface area contributed by atoms with Crippen LogP contribution >= 0.6 is 19.6 Å². The molecule has 0 saturated heterocycles. The van der Waals surface area contributed by atoms with Crippen molar-refractivity contribution in [3.8, 4) is 0 Å². The van der Waals surface area contributed by atoms with E-state index in [2.05, 4.69) is 37.4 Å². The minimum absolute atomic E-state index is 0.0182. The fourth-order valence-electron chi connectivity index (χ4n) is 5.97. The van der Waals surface area contributed by atoms with Crippen LogP contribution in [0, 0.1) is 5.92 Å². The van der Waals surface area contributed by atoms with Crippen molar-refractivity contribution in [1.82, 2.24) is 0 Å². The van der Waals surface area contributed by atoms with Crippen molar-refractivity contribution in [2.75, 3.05) is 32.2 Å². The number of aliphatic hydroxyl groups is 3. The van der Waals surface area contributed by atoms with Crippen LogP contribution in [0.1, 0.15) is 156 Å². The molecule has 0 aromatic heterocycles. The van der Waals surface area contributed by atoms with Crippen LogP contribution in [0.3, 0.4) is 0 Å². The first-order valence-electron chi connectivity index (χ1n) is 22.9. The SMILES string of the molecule is CCCCC/C=C\C\C=C/C=C/C=C/[C@@H](SC[C@H](N)C(=O)OC[C@H](COP(=O)(O)OC[C@@H](O)CO)OC(=O)CCCCCCCCCCCCCC(C)C)[C@@H](O)CCCC(=O)O. The lowest BCUT2D eigenvalue weighted by molar-refractivity contribution is -0.161. The Bertz CT molecular complexity index is 1310. The first-order chi connectivity index (χ1) is 29.7. The summed E-state index contributed by atoms with van der Waals surface area (Å²) in [5, 5.41) is 37.8. The first-order valence-corrected chi connectivity index (χ1v) is 25.4. The summed E-state index contributed by atoms with van der Waals surface area (Å²) in [6, 6.07) is -1.17. The van der Waals surface area contributed by atoms with Crippen molar-refractivity contribution in [2.45, 2.75) is 185 Å². The highest BCUT2D eigenvalue weighted by molar-refractivity contribution is 8.00. The van der Waals surface area contributed by atoms with Crippen LogP contribution in [-0.2, 0) is 37.5 Å². The first kappa shape index (κ1) is 59.7. The molecule has 0 bridgehead atoms. The van der Waals surface area contributed by atoms with E-state index >= 15 is 0 Å². The van der Waals surface area contributed by atoms with Crippen molar-refractivity contribution in [3.05, 3.63) is 48.6 Å². The van der Waals surface area contributed by atoms with Gasteiger partial charge in [0.15, 0.2) is 6.10 Å². The number of carbonyl (C=O) groups excluding carboxylic acids is 2. The predicted molar refractivity (Wildman–Crippen MR) is 248 cm³/mol. The van der Waals surface area contributed by atoms with Gasteiger partial charge in [0.05, 0.1) is 25.9 Å². The molecule has 0 heterocycles. The second-order valence-electron chi connectivity index (χ2n) is 16.1. The van der Waals surface area contributed by atoms with Gasteiger partial charge in [0.25, 0.3) is 0 Å². The molecule has 0 fully saturated rings. The second-order valence-corrected chi connectivity index (χ2v) is 18.8. The van der Waals surface area contributed by atoms with E-state index in [1.807, 2.05) is 18.2 Å². The zero-order valence-corrected chi connectivity index (χ0v) is 39.6. The summed E-state index contributed by atoms with van der Waals surface area (Å²) >= 11 is 1.19. The summed E-state index contributed by atoms with van der Waals surface area (Å²) in [6.07, 6.45) is 31.3. The molecule has 6 atom stereocenters. The van der Waals surface area contributed by atoms with Crippen LogP contribution < -0.4 is 5.73 Å². The third-order valence-electron chi connectivity index (χ3n) is 9.66. The number of carboxylic acids is 1. The van der Waals surface area contributed by atoms with Crippen LogP contribution in [0.2, 0.25) is 0 Å². The summed E-state index contributed by atoms with van der Waals surface area (Å²) in [5.74, 6) is -1.64. The van der Waals surface area contributed by atoms with Gasteiger partial charge in [-0.05, 0) is 44.4 Å². The average molecular weight is 920 g/mol. The maximum atomic E-state index is 13.0. The number of unbranched alkanes of at least 4 members (excludes halogenated alkanes) is 13. The van der Waals surface area contributed by atoms with E-state index in [4.69, 9.17) is 29.9 Å². The fourth-order valence-corrected chi connectivity index (χ4v) is 7.89. The Labute approximate surface area is 376 Å². The van der Waals surface area contributed by atoms with Crippen molar-refractivity contribution in [3.63, 3.8) is 0 Å². The van der Waals surface area contributed by atoms with Gasteiger partial charge in [-0.25, -0.2) is 4.57 Å². The Morgan fingerprint density at radius 2 is 1.37 bits per heavy atom. The molecule has 0 amide bonds. The highest BCUT2D eigenvalue weighted by Gasteiger charge is 2.28. The summed E-state index contributed by atoms with van der Waals surface area (Å²) in [7, 11) is -4.75. The third kappa shape index (κ3) is 38.2. The second kappa shape index (κ2) is 40.2. The van der Waals surface area contributed by atoms with Crippen LogP contribution in [0.15, 0.2) is 48.6 Å². The predicted octanol–water partition coefficient (Wildman–Crippen LogP) is 8.90. The highest BCUT2D eigenvalue weighted by Crippen LogP contribution is 2.43. The summed E-state index contributed by atoms with van der Waals surface area (Å²) in [5.41, 5.74) is 6.16. The van der Waals surface area contributed by atoms with E-state index < -0.39 is 81.8 Å². The van der Waals surface area contributed by atoms with Gasteiger partial charge >= 0.3 is 25.7 Å². The Kier molecular flexibility index (Phi) is 38.7. The number of hydrogen-bond acceptors (Lipinski definition) is 13. The zero-order chi connectivity index (χ0) is 46.3. The van der Waals surface area contributed by atoms with E-state index in [0.29, 0.717) is 6.42 Å². The minimum atomic E-state index is -4.75. The molecule has 0 aromatic rings. The molecule has 0 aliphatic carbocycles. The molecule has 360 valence electrons. The van der Waals surface area contributed by atoms with E-state index in [-0.39, 0.29) is 31.4 Å². The number of aliphatic carboxylic acids is 1. The molecule has 16 heteroatoms. The van der Waals surface area contributed by atoms with Crippen molar-refractivity contribution >= 4 is 37.5 Å². The number of phosphoric acid groups is 1. The molecule has 0 aliphatic rings. The summed E-state index contributed by atoms with van der Waals surface area (Å²) in [6.45, 7) is 4.07. The smallest absolute Gasteiger partial charge is 0.472 e. The fraction of sp³-hybridized carbons (Fsp3) is 0.761. The largest absolute Gasteiger partial charge is 0.481 e. The maximum absolute atomic E-state index is 13.0. The lowest BCUT2D eigenvalue weighted by Gasteiger charge is -2.22. The van der Waals surface area contributed by atoms with Crippen LogP contribution in [-0.4, -0.2) is 105 Å². The Balaban J connectivity index is 5.18. The number of nitrogens with two attached hydrogens (primary N) is 1. The molecule has 0 radical (unpaired) electrons. The van der Waals surface area contributed by atoms with Crippen molar-refractivity contribution < 1.29 is 62.8 Å². The van der Waals surface area contributed by atoms with Gasteiger partial charge in [-0.2, -0.15) is 0 Å². The van der Waals surface area contributed by atoms with E-state index in [1.165, 1.54) is 76.0 Å². The molecule has 0 aliphatic heterocycles. The van der Waals surface area contributed by atoms with Crippen LogP contribution in [0.25, 0.3) is 0 Å². The number of thioether (sulfide) groups is 1. The molecule has 62 heavy (non-hydrogen) atoms. The monoisotopic (exact) mass is 920 g/mol. The Hall–Kier alpha value is -2.33. The lowest BCUT2D eigenvalue weighted by atomic mass is 10.0. The van der Waals surface area contributed by atoms with Gasteiger partial charge < -0.3 is 40.5 Å². The Morgan fingerprint density at radius 3 is 2.00 bits per heavy atom. The molecule has 0 spiro atoms. The minimum Gasteiger partial charge on any atom is -0.481 e. The lowest BCUT2D eigenvalue weighted by Crippen LogP contribution is -2.38. The highest BCUT2D eigenvalue weighted by atomic mass is 32.2. The number of carbonyl (C=O) groups is 3. The average Bonchev–Trinajstić information content (AvgIpc) is 3.23. The van der Waals surface area contributed by atoms with Gasteiger partial charge in [-0.3, -0.25) is 23.4 Å². The standard InChI is InChI=1S/C46H82NO13PS/c1-4-5-6-7-8-9-10-13-16-19-22-25-30-43(42(50)29-27-31-44(51)52)62-37-41(47)46(54)57-35-40(36-59-61(55,56)58-34-39(49)33-48)60-45(53)32-26-23-20-17-14-11-12-15-18-21-24-28-38(2)3/h8-9,13,16,19,22,25,30,38-43,48-50H,4-7,10-12,14-15,17-18,20-21,23-24,26-29,31-37,47H2,1-3H3,(H,51,52)(H,55,56)/b9-8-,16-13-,22-19+,30-25+/t39-,40+,41-,42-,43+/m0/s1.